The van der Waals surface area contributed by atoms with Gasteiger partial charge in [-0.25, -0.2) is 0 Å². The third-order valence-electron chi connectivity index (χ3n) is 3.18. The van der Waals surface area contributed by atoms with Crippen LogP contribution in [0.5, 0.6) is 0 Å². The Morgan fingerprint density at radius 1 is 1.21 bits per heavy atom. The number of fused-ring (bicyclic) bond motifs is 1. The molecule has 0 spiro atoms. The molecule has 0 saturated heterocycles. The van der Waals surface area contributed by atoms with Crippen molar-refractivity contribution in [1.29, 1.82) is 0 Å². The van der Waals surface area contributed by atoms with Crippen molar-refractivity contribution in [3.8, 4) is 0 Å². The van der Waals surface area contributed by atoms with E-state index in [9.17, 15) is 0 Å². The molecular weight excluding hydrogens is 238 g/mol. The van der Waals surface area contributed by atoms with Crippen molar-refractivity contribution >= 4 is 22.3 Å². The van der Waals surface area contributed by atoms with E-state index in [1.54, 1.807) is 12.4 Å². The van der Waals surface area contributed by atoms with Gasteiger partial charge < -0.3 is 11.1 Å². The van der Waals surface area contributed by atoms with Crippen molar-refractivity contribution in [1.82, 2.24) is 14.8 Å². The first kappa shape index (κ1) is 11.5. The van der Waals surface area contributed by atoms with Gasteiger partial charge in [0, 0.05) is 30.5 Å². The minimum absolute atomic E-state index is 0.696. The van der Waals surface area contributed by atoms with E-state index in [1.165, 1.54) is 0 Å². The molecule has 19 heavy (non-hydrogen) atoms. The minimum atomic E-state index is 0.696. The van der Waals surface area contributed by atoms with E-state index in [2.05, 4.69) is 15.4 Å². The molecular formula is C14H15N5. The fourth-order valence-corrected chi connectivity index (χ4v) is 2.11. The molecule has 96 valence electrons. The molecule has 1 aromatic carbocycles. The lowest BCUT2D eigenvalue weighted by molar-refractivity contribution is 0.720. The van der Waals surface area contributed by atoms with Gasteiger partial charge in [-0.2, -0.15) is 5.10 Å². The lowest BCUT2D eigenvalue weighted by Crippen LogP contribution is -2.06. The van der Waals surface area contributed by atoms with Gasteiger partial charge in [0.1, 0.15) is 0 Å². The van der Waals surface area contributed by atoms with E-state index in [4.69, 9.17) is 5.73 Å². The van der Waals surface area contributed by atoms with Crippen LogP contribution in [-0.2, 0) is 13.6 Å². The Bertz CT molecular complexity index is 717. The quantitative estimate of drug-likeness (QED) is 0.702. The molecule has 3 N–H and O–H groups in total. The van der Waals surface area contributed by atoms with E-state index in [0.717, 1.165) is 22.3 Å². The molecule has 0 atom stereocenters. The van der Waals surface area contributed by atoms with Crippen LogP contribution in [0.15, 0.2) is 42.7 Å². The lowest BCUT2D eigenvalue weighted by Gasteiger charge is -2.10. The minimum Gasteiger partial charge on any atom is -0.397 e. The highest BCUT2D eigenvalue weighted by molar-refractivity contribution is 5.97. The molecule has 5 nitrogen and oxygen atoms in total. The Morgan fingerprint density at radius 3 is 2.89 bits per heavy atom. The van der Waals surface area contributed by atoms with Gasteiger partial charge in [-0.05, 0) is 18.2 Å². The molecule has 0 aliphatic rings. The Hall–Kier alpha value is -2.56. The van der Waals surface area contributed by atoms with Gasteiger partial charge in [0.25, 0.3) is 0 Å². The fourth-order valence-electron chi connectivity index (χ4n) is 2.11. The number of pyridine rings is 1. The lowest BCUT2D eigenvalue weighted by atomic mass is 10.1. The average Bonchev–Trinajstić information content (AvgIpc) is 2.82. The standard InChI is InChI=1S/C14H15N5/c1-19-10(5-8-18-19)9-17-13-6-7-16-14-11(13)3-2-4-12(14)15/h2-8H,9,15H2,1H3,(H,16,17). The summed E-state index contributed by atoms with van der Waals surface area (Å²) in [7, 11) is 1.93. The summed E-state index contributed by atoms with van der Waals surface area (Å²) in [6.45, 7) is 0.713. The van der Waals surface area contributed by atoms with Crippen molar-refractivity contribution in [3.63, 3.8) is 0 Å². The van der Waals surface area contributed by atoms with E-state index in [0.29, 0.717) is 12.2 Å². The van der Waals surface area contributed by atoms with Crippen molar-refractivity contribution in [2.24, 2.45) is 7.05 Å². The predicted molar refractivity (Wildman–Crippen MR) is 76.7 cm³/mol. The van der Waals surface area contributed by atoms with Gasteiger partial charge in [0.15, 0.2) is 0 Å². The Morgan fingerprint density at radius 2 is 2.11 bits per heavy atom. The van der Waals surface area contributed by atoms with Crippen LogP contribution in [0.25, 0.3) is 10.9 Å². The second-order valence-electron chi connectivity index (χ2n) is 4.40. The molecule has 0 saturated carbocycles. The molecule has 3 aromatic rings. The normalized spacial score (nSPS) is 10.8. The third kappa shape index (κ3) is 2.10. The number of nitrogen functional groups attached to an aromatic ring is 1. The number of rotatable bonds is 3. The molecule has 0 fully saturated rings. The summed E-state index contributed by atoms with van der Waals surface area (Å²) in [6.07, 6.45) is 3.56. The van der Waals surface area contributed by atoms with Gasteiger partial charge in [-0.3, -0.25) is 9.67 Å². The summed E-state index contributed by atoms with van der Waals surface area (Å²) in [5.74, 6) is 0. The Balaban J connectivity index is 1.93. The zero-order chi connectivity index (χ0) is 13.2. The van der Waals surface area contributed by atoms with Crippen LogP contribution < -0.4 is 11.1 Å². The van der Waals surface area contributed by atoms with E-state index in [1.807, 2.05) is 42.1 Å². The van der Waals surface area contributed by atoms with Gasteiger partial charge in [-0.1, -0.05) is 12.1 Å². The van der Waals surface area contributed by atoms with E-state index < -0.39 is 0 Å². The molecule has 3 rings (SSSR count). The molecule has 0 unspecified atom stereocenters. The number of para-hydroxylation sites is 1. The summed E-state index contributed by atoms with van der Waals surface area (Å²) >= 11 is 0. The molecule has 0 bridgehead atoms. The zero-order valence-electron chi connectivity index (χ0n) is 10.7. The number of anilines is 2. The maximum absolute atomic E-state index is 5.94. The van der Waals surface area contributed by atoms with Crippen LogP contribution in [0, 0.1) is 0 Å². The van der Waals surface area contributed by atoms with Crippen LogP contribution in [0.3, 0.4) is 0 Å². The average molecular weight is 253 g/mol. The summed E-state index contributed by atoms with van der Waals surface area (Å²) in [4.78, 5) is 4.32. The SMILES string of the molecule is Cn1nccc1CNc1ccnc2c(N)cccc12. The number of benzene rings is 1. The maximum atomic E-state index is 5.94. The zero-order valence-corrected chi connectivity index (χ0v) is 10.7. The number of aryl methyl sites for hydroxylation is 1. The first-order chi connectivity index (χ1) is 9.25. The van der Waals surface area contributed by atoms with Gasteiger partial charge >= 0.3 is 0 Å². The number of aromatic nitrogens is 3. The smallest absolute Gasteiger partial charge is 0.0951 e. The number of nitrogens with one attached hydrogen (secondary N) is 1. The number of nitrogens with zero attached hydrogens (tertiary/aromatic N) is 3. The molecule has 2 aromatic heterocycles. The fraction of sp³-hybridized carbons (Fsp3) is 0.143. The van der Waals surface area contributed by atoms with Crippen LogP contribution >= 0.6 is 0 Å². The van der Waals surface area contributed by atoms with Crippen LogP contribution in [-0.4, -0.2) is 14.8 Å². The van der Waals surface area contributed by atoms with Crippen LogP contribution in [0.2, 0.25) is 0 Å². The number of hydrogen-bond acceptors (Lipinski definition) is 4. The predicted octanol–water partition coefficient (Wildman–Crippen LogP) is 2.16. The molecule has 0 radical (unpaired) electrons. The van der Waals surface area contributed by atoms with E-state index in [-0.39, 0.29) is 0 Å². The van der Waals surface area contributed by atoms with E-state index >= 15 is 0 Å². The largest absolute Gasteiger partial charge is 0.397 e. The summed E-state index contributed by atoms with van der Waals surface area (Å²) in [5.41, 5.74) is 9.61. The number of nitrogens with two attached hydrogens (primary N) is 1. The summed E-state index contributed by atoms with van der Waals surface area (Å²) in [5, 5.41) is 8.58. The van der Waals surface area contributed by atoms with Gasteiger partial charge in [0.05, 0.1) is 23.4 Å². The van der Waals surface area contributed by atoms with Crippen molar-refractivity contribution in [2.75, 3.05) is 11.1 Å². The Kier molecular flexibility index (Phi) is 2.79. The monoisotopic (exact) mass is 253 g/mol. The van der Waals surface area contributed by atoms with Gasteiger partial charge in [-0.15, -0.1) is 0 Å². The van der Waals surface area contributed by atoms with Crippen LogP contribution in [0.4, 0.5) is 11.4 Å². The molecule has 0 aliphatic heterocycles. The van der Waals surface area contributed by atoms with Crippen molar-refractivity contribution < 1.29 is 0 Å². The second-order valence-corrected chi connectivity index (χ2v) is 4.40. The molecule has 0 amide bonds. The van der Waals surface area contributed by atoms with Gasteiger partial charge in [0.2, 0.25) is 0 Å². The van der Waals surface area contributed by atoms with Crippen molar-refractivity contribution in [3.05, 3.63) is 48.4 Å². The molecule has 0 aliphatic carbocycles. The topological polar surface area (TPSA) is 68.8 Å². The molecule has 2 heterocycles. The number of hydrogen-bond donors (Lipinski definition) is 2. The Labute approximate surface area is 111 Å². The first-order valence-electron chi connectivity index (χ1n) is 6.09. The molecule has 5 heteroatoms. The highest BCUT2D eigenvalue weighted by Crippen LogP contribution is 2.25. The maximum Gasteiger partial charge on any atom is 0.0951 e. The highest BCUT2D eigenvalue weighted by Gasteiger charge is 2.05. The second kappa shape index (κ2) is 4.61. The first-order valence-corrected chi connectivity index (χ1v) is 6.09. The third-order valence-corrected chi connectivity index (χ3v) is 3.18. The summed E-state index contributed by atoms with van der Waals surface area (Å²) in [6, 6.07) is 9.77. The van der Waals surface area contributed by atoms with Crippen LogP contribution in [0.1, 0.15) is 5.69 Å². The van der Waals surface area contributed by atoms with Crippen molar-refractivity contribution in [2.45, 2.75) is 6.54 Å². The summed E-state index contributed by atoms with van der Waals surface area (Å²) < 4.78 is 1.85. The highest BCUT2D eigenvalue weighted by atomic mass is 15.3.